The molecule has 9 nitrogen and oxygen atoms in total. The van der Waals surface area contributed by atoms with Gasteiger partial charge in [-0.25, -0.2) is 0 Å². The second kappa shape index (κ2) is 7.51. The summed E-state index contributed by atoms with van der Waals surface area (Å²) in [6.45, 7) is 3.43. The maximum atomic E-state index is 13.5. The maximum Gasteiger partial charge on any atom is 0.282 e. The van der Waals surface area contributed by atoms with Crippen molar-refractivity contribution in [3.63, 3.8) is 0 Å². The molecule has 5 fully saturated rings. The van der Waals surface area contributed by atoms with Gasteiger partial charge in [0.1, 0.15) is 5.76 Å². The van der Waals surface area contributed by atoms with E-state index >= 15 is 0 Å². The minimum atomic E-state index is -3.44. The van der Waals surface area contributed by atoms with Gasteiger partial charge in [0, 0.05) is 48.6 Å². The van der Waals surface area contributed by atoms with Crippen LogP contribution in [0.4, 0.5) is 0 Å². The third-order valence-corrected chi connectivity index (χ3v) is 10.4. The van der Waals surface area contributed by atoms with Gasteiger partial charge in [-0.05, 0) is 71.5 Å². The Morgan fingerprint density at radius 1 is 1.12 bits per heavy atom. The Hall–Kier alpha value is -1.49. The molecule has 176 valence electrons. The number of likely N-dealkylation sites (tertiary alicyclic amines) is 1. The Morgan fingerprint density at radius 3 is 2.41 bits per heavy atom. The van der Waals surface area contributed by atoms with E-state index in [0.29, 0.717) is 37.5 Å². The van der Waals surface area contributed by atoms with E-state index in [4.69, 9.17) is 4.52 Å². The molecular weight excluding hydrogens is 430 g/mol. The monoisotopic (exact) mass is 463 g/mol. The lowest BCUT2D eigenvalue weighted by Gasteiger charge is -2.54. The second-order valence-corrected chi connectivity index (χ2v) is 12.7. The fourth-order valence-corrected chi connectivity index (χ4v) is 8.53. The zero-order valence-corrected chi connectivity index (χ0v) is 19.5. The van der Waals surface area contributed by atoms with Crippen molar-refractivity contribution in [1.29, 1.82) is 0 Å². The Kier molecular flexibility index (Phi) is 4.95. The van der Waals surface area contributed by atoms with Gasteiger partial charge in [-0.3, -0.25) is 4.79 Å². The van der Waals surface area contributed by atoms with Crippen molar-refractivity contribution in [2.24, 2.45) is 5.41 Å². The number of carbonyl (C=O) groups excluding carboxylic acids is 1. The van der Waals surface area contributed by atoms with Gasteiger partial charge in [0.25, 0.3) is 16.1 Å². The highest BCUT2D eigenvalue weighted by molar-refractivity contribution is 7.86. The van der Waals surface area contributed by atoms with E-state index in [9.17, 15) is 13.2 Å². The van der Waals surface area contributed by atoms with E-state index in [2.05, 4.69) is 22.4 Å². The number of carbonyl (C=O) groups is 1. The molecule has 1 unspecified atom stereocenters. The first-order valence-corrected chi connectivity index (χ1v) is 13.5. The van der Waals surface area contributed by atoms with E-state index in [1.54, 1.807) is 14.7 Å². The lowest BCUT2D eigenvalue weighted by atomic mass is 9.73. The third kappa shape index (κ3) is 3.59. The zero-order chi connectivity index (χ0) is 22.1. The molecule has 4 saturated heterocycles. The van der Waals surface area contributed by atoms with Crippen LogP contribution < -0.4 is 5.32 Å². The fraction of sp³-hybridized carbons (Fsp3) is 0.818. The number of fused-ring (bicyclic) bond motifs is 2. The summed E-state index contributed by atoms with van der Waals surface area (Å²) in [7, 11) is -1.31. The number of nitrogens with one attached hydrogen (secondary N) is 1. The SMILES string of the molecule is CN1CCC2(CC1)CN(S(=O)(=O)N1[C@@H]3CC[C@H]1CC(NC(=O)c1cc(C4CC4)on1)C3)C2. The van der Waals surface area contributed by atoms with E-state index in [1.165, 1.54) is 0 Å². The highest BCUT2D eigenvalue weighted by atomic mass is 32.2. The summed E-state index contributed by atoms with van der Waals surface area (Å²) in [5.41, 5.74) is 0.514. The molecular formula is C22H33N5O4S. The summed E-state index contributed by atoms with van der Waals surface area (Å²) in [6, 6.07) is 1.67. The number of amides is 1. The molecule has 1 aromatic heterocycles. The van der Waals surface area contributed by atoms with E-state index in [-0.39, 0.29) is 29.4 Å². The summed E-state index contributed by atoms with van der Waals surface area (Å²) >= 11 is 0. The summed E-state index contributed by atoms with van der Waals surface area (Å²) in [5, 5.41) is 7.02. The fourth-order valence-electron chi connectivity index (χ4n) is 6.25. The van der Waals surface area contributed by atoms with Gasteiger partial charge in [-0.1, -0.05) is 5.16 Å². The van der Waals surface area contributed by atoms with Crippen molar-refractivity contribution in [3.05, 3.63) is 17.5 Å². The summed E-state index contributed by atoms with van der Waals surface area (Å²) in [4.78, 5) is 15.0. The van der Waals surface area contributed by atoms with Crippen molar-refractivity contribution in [2.45, 2.75) is 75.4 Å². The van der Waals surface area contributed by atoms with Crippen molar-refractivity contribution in [2.75, 3.05) is 33.2 Å². The maximum absolute atomic E-state index is 13.5. The minimum absolute atomic E-state index is 0.0239. The molecule has 1 amide bonds. The lowest BCUT2D eigenvalue weighted by Crippen LogP contribution is -2.66. The minimum Gasteiger partial charge on any atom is -0.360 e. The summed E-state index contributed by atoms with van der Waals surface area (Å²) in [5.74, 6) is 1.00. The Morgan fingerprint density at radius 2 is 1.78 bits per heavy atom. The van der Waals surface area contributed by atoms with Crippen molar-refractivity contribution in [3.8, 4) is 0 Å². The van der Waals surface area contributed by atoms with Gasteiger partial charge in [0.05, 0.1) is 0 Å². The van der Waals surface area contributed by atoms with Crippen LogP contribution >= 0.6 is 0 Å². The number of nitrogens with zero attached hydrogens (tertiary/aromatic N) is 4. The van der Waals surface area contributed by atoms with Gasteiger partial charge in [-0.15, -0.1) is 0 Å². The molecule has 1 saturated carbocycles. The predicted octanol–water partition coefficient (Wildman–Crippen LogP) is 1.55. The summed E-state index contributed by atoms with van der Waals surface area (Å²) in [6.07, 6.45) is 7.44. The largest absolute Gasteiger partial charge is 0.360 e. The van der Waals surface area contributed by atoms with Gasteiger partial charge < -0.3 is 14.7 Å². The molecule has 5 heterocycles. The van der Waals surface area contributed by atoms with E-state index in [1.807, 2.05) is 0 Å². The second-order valence-electron chi connectivity index (χ2n) is 10.8. The average Bonchev–Trinajstić information content (AvgIpc) is 3.39. The van der Waals surface area contributed by atoms with Crippen molar-refractivity contribution >= 4 is 16.1 Å². The van der Waals surface area contributed by atoms with E-state index in [0.717, 1.165) is 57.4 Å². The quantitative estimate of drug-likeness (QED) is 0.711. The van der Waals surface area contributed by atoms with Crippen molar-refractivity contribution < 1.29 is 17.7 Å². The predicted molar refractivity (Wildman–Crippen MR) is 117 cm³/mol. The van der Waals surface area contributed by atoms with Crippen LogP contribution in [0.5, 0.6) is 0 Å². The van der Waals surface area contributed by atoms with Crippen LogP contribution in [0.15, 0.2) is 10.6 Å². The van der Waals surface area contributed by atoms with E-state index < -0.39 is 10.2 Å². The lowest BCUT2D eigenvalue weighted by molar-refractivity contribution is 0.00184. The van der Waals surface area contributed by atoms with Gasteiger partial charge in [-0.2, -0.15) is 17.0 Å². The van der Waals surface area contributed by atoms with Gasteiger partial charge in [0.15, 0.2) is 5.69 Å². The molecule has 4 aliphatic heterocycles. The molecule has 1 aromatic rings. The Labute approximate surface area is 189 Å². The molecule has 1 spiro atoms. The highest BCUT2D eigenvalue weighted by Crippen LogP contribution is 2.45. The van der Waals surface area contributed by atoms with Crippen LogP contribution in [0.1, 0.15) is 73.5 Å². The molecule has 1 N–H and O–H groups in total. The number of rotatable bonds is 5. The summed E-state index contributed by atoms with van der Waals surface area (Å²) < 4.78 is 35.7. The Bertz CT molecular complexity index is 976. The Balaban J connectivity index is 1.08. The molecule has 6 rings (SSSR count). The molecule has 0 radical (unpaired) electrons. The van der Waals surface area contributed by atoms with Gasteiger partial charge >= 0.3 is 0 Å². The molecule has 0 aromatic carbocycles. The van der Waals surface area contributed by atoms with Gasteiger partial charge in [0.2, 0.25) is 0 Å². The molecule has 2 bridgehead atoms. The number of hydrogen-bond donors (Lipinski definition) is 1. The molecule has 5 aliphatic rings. The first-order valence-electron chi connectivity index (χ1n) is 12.1. The average molecular weight is 464 g/mol. The molecule has 10 heteroatoms. The standard InChI is InChI=1S/C22H33N5O4S/c1-25-8-6-22(7-9-25)13-26(14-22)32(29,30)27-17-4-5-18(27)11-16(10-17)23-21(28)19-12-20(31-24-19)15-2-3-15/h12,15-18H,2-11,13-14H2,1H3,(H,23,28)/t16?,17-,18+. The topological polar surface area (TPSA) is 99.0 Å². The van der Waals surface area contributed by atoms with Crippen molar-refractivity contribution in [1.82, 2.24) is 24.0 Å². The van der Waals surface area contributed by atoms with Crippen LogP contribution in [-0.2, 0) is 10.2 Å². The molecule has 3 atom stereocenters. The first kappa shape index (κ1) is 21.1. The van der Waals surface area contributed by atoms with Crippen LogP contribution in [-0.4, -0.2) is 84.3 Å². The van der Waals surface area contributed by atoms with Crippen LogP contribution in [0, 0.1) is 5.41 Å². The number of piperidine rings is 2. The van der Waals surface area contributed by atoms with Crippen LogP contribution in [0.3, 0.4) is 0 Å². The molecule has 1 aliphatic carbocycles. The normalized spacial score (nSPS) is 33.3. The highest BCUT2D eigenvalue weighted by Gasteiger charge is 2.55. The third-order valence-electron chi connectivity index (χ3n) is 8.41. The van der Waals surface area contributed by atoms with Crippen LogP contribution in [0.25, 0.3) is 0 Å². The number of aromatic nitrogens is 1. The number of hydrogen-bond acceptors (Lipinski definition) is 6. The van der Waals surface area contributed by atoms with Crippen LogP contribution in [0.2, 0.25) is 0 Å². The zero-order valence-electron chi connectivity index (χ0n) is 18.7. The smallest absolute Gasteiger partial charge is 0.282 e. The molecule has 32 heavy (non-hydrogen) atoms. The first-order chi connectivity index (χ1) is 15.3.